The van der Waals surface area contributed by atoms with Gasteiger partial charge in [-0.2, -0.15) is 5.26 Å². The van der Waals surface area contributed by atoms with E-state index in [0.29, 0.717) is 54.5 Å². The highest BCUT2D eigenvalue weighted by Crippen LogP contribution is 2.29. The second kappa shape index (κ2) is 10.9. The zero-order valence-electron chi connectivity index (χ0n) is 19.6. The number of ketones is 1. The Labute approximate surface area is 207 Å². The monoisotopic (exact) mass is 490 g/mol. The Morgan fingerprint density at radius 3 is 2.67 bits per heavy atom. The minimum atomic E-state index is -0.525. The van der Waals surface area contributed by atoms with Crippen molar-refractivity contribution in [2.75, 3.05) is 48.4 Å². The quantitative estimate of drug-likeness (QED) is 0.447. The molecule has 0 amide bonds. The lowest BCUT2D eigenvalue weighted by Gasteiger charge is -2.29. The number of Topliss-reactive ketones (excluding diaryl/α,β-unsaturated/α-hetero) is 1. The molecule has 2 aromatic carbocycles. The largest absolute Gasteiger partial charge is 0.378 e. The molecule has 1 aliphatic heterocycles. The molecule has 8 nitrogen and oxygen atoms in total. The summed E-state index contributed by atoms with van der Waals surface area (Å²) >= 11 is 0. The summed E-state index contributed by atoms with van der Waals surface area (Å²) in [5, 5.41) is 15.5. The fourth-order valence-corrected chi connectivity index (χ4v) is 3.64. The molecular weight excluding hydrogens is 466 g/mol. The third kappa shape index (κ3) is 5.64. The number of benzene rings is 2. The lowest BCUT2D eigenvalue weighted by atomic mass is 10.1. The molecule has 0 spiro atoms. The summed E-state index contributed by atoms with van der Waals surface area (Å²) in [5.41, 5.74) is 2.42. The molecule has 1 saturated heterocycles. The molecule has 3 aromatic rings. The van der Waals surface area contributed by atoms with E-state index in [1.165, 1.54) is 37.4 Å². The van der Waals surface area contributed by atoms with Crippen molar-refractivity contribution >= 4 is 28.8 Å². The van der Waals surface area contributed by atoms with Crippen LogP contribution in [0.5, 0.6) is 0 Å². The number of aromatic nitrogens is 2. The highest BCUT2D eigenvalue weighted by molar-refractivity contribution is 5.93. The summed E-state index contributed by atoms with van der Waals surface area (Å²) in [6.45, 7) is 7.34. The summed E-state index contributed by atoms with van der Waals surface area (Å²) in [4.78, 5) is 22.0. The predicted octanol–water partition coefficient (Wildman–Crippen LogP) is 4.43. The van der Waals surface area contributed by atoms with Gasteiger partial charge in [0.25, 0.3) is 0 Å². The number of hydrogen-bond donors (Lipinski definition) is 2. The Morgan fingerprint density at radius 1 is 1.19 bits per heavy atom. The summed E-state index contributed by atoms with van der Waals surface area (Å²) in [7, 11) is 0. The molecule has 1 aliphatic rings. The Hall–Kier alpha value is -4.36. The van der Waals surface area contributed by atoms with E-state index in [1.54, 1.807) is 12.1 Å². The summed E-state index contributed by atoms with van der Waals surface area (Å²) in [6, 6.07) is 10.9. The van der Waals surface area contributed by atoms with E-state index in [1.807, 2.05) is 4.90 Å². The smallest absolute Gasteiger partial charge is 0.227 e. The molecule has 1 fully saturated rings. The molecule has 0 bridgehead atoms. The normalized spacial score (nSPS) is 13.1. The standard InChI is InChI=1S/C26H24F2N6O2/c1-16(17(2)35)14-30-23-11-18(3-5-21(23)27)25-19(13-29)15-31-26(33-25)32-20-4-6-22(28)24(12-20)34-7-9-36-10-8-34/h3-6,11-12,15,30H,1,7-10,14H2,2H3,(H,31,32,33). The Kier molecular flexibility index (Phi) is 7.51. The number of carbonyl (C=O) groups is 1. The van der Waals surface area contributed by atoms with Gasteiger partial charge in [-0.15, -0.1) is 0 Å². The van der Waals surface area contributed by atoms with Crippen molar-refractivity contribution in [2.24, 2.45) is 0 Å². The minimum absolute atomic E-state index is 0.0768. The van der Waals surface area contributed by atoms with Crippen LogP contribution in [0.2, 0.25) is 0 Å². The maximum Gasteiger partial charge on any atom is 0.227 e. The van der Waals surface area contributed by atoms with Gasteiger partial charge in [0, 0.05) is 36.5 Å². The average molecular weight is 491 g/mol. The fraction of sp³-hybridized carbons (Fsp3) is 0.231. The van der Waals surface area contributed by atoms with Crippen molar-refractivity contribution in [3.8, 4) is 17.3 Å². The van der Waals surface area contributed by atoms with Gasteiger partial charge in [-0.25, -0.2) is 18.7 Å². The number of anilines is 4. The molecule has 1 aromatic heterocycles. The molecule has 4 rings (SSSR count). The number of morpholine rings is 1. The van der Waals surface area contributed by atoms with Crippen LogP contribution in [0.15, 0.2) is 54.7 Å². The number of halogens is 2. The SMILES string of the molecule is C=C(CNc1cc(-c2nc(Nc3ccc(F)c(N4CCOCC4)c3)ncc2C#N)ccc1F)C(C)=O. The number of nitriles is 1. The molecule has 0 unspecified atom stereocenters. The third-order valence-electron chi connectivity index (χ3n) is 5.69. The van der Waals surface area contributed by atoms with Crippen molar-refractivity contribution in [3.63, 3.8) is 0 Å². The van der Waals surface area contributed by atoms with E-state index < -0.39 is 5.82 Å². The van der Waals surface area contributed by atoms with Crippen LogP contribution in [0.25, 0.3) is 11.3 Å². The Bertz CT molecular complexity index is 1350. The second-order valence-electron chi connectivity index (χ2n) is 8.17. The van der Waals surface area contributed by atoms with Crippen LogP contribution in [-0.2, 0) is 9.53 Å². The molecule has 184 valence electrons. The highest BCUT2D eigenvalue weighted by Gasteiger charge is 2.17. The van der Waals surface area contributed by atoms with Crippen molar-refractivity contribution in [1.29, 1.82) is 5.26 Å². The molecular formula is C26H24F2N6O2. The van der Waals surface area contributed by atoms with E-state index in [0.717, 1.165) is 0 Å². The number of nitrogens with one attached hydrogen (secondary N) is 2. The molecule has 10 heteroatoms. The molecule has 0 atom stereocenters. The summed E-state index contributed by atoms with van der Waals surface area (Å²) < 4.78 is 34.2. The van der Waals surface area contributed by atoms with Crippen LogP contribution in [0.1, 0.15) is 12.5 Å². The van der Waals surface area contributed by atoms with E-state index in [9.17, 15) is 18.8 Å². The van der Waals surface area contributed by atoms with Crippen LogP contribution >= 0.6 is 0 Å². The van der Waals surface area contributed by atoms with Gasteiger partial charge >= 0.3 is 0 Å². The Morgan fingerprint density at radius 2 is 1.94 bits per heavy atom. The molecule has 0 radical (unpaired) electrons. The van der Waals surface area contributed by atoms with Crippen molar-refractivity contribution < 1.29 is 18.3 Å². The van der Waals surface area contributed by atoms with Gasteiger partial charge < -0.3 is 20.3 Å². The highest BCUT2D eigenvalue weighted by atomic mass is 19.1. The maximum atomic E-state index is 14.5. The Balaban J connectivity index is 1.61. The first-order chi connectivity index (χ1) is 17.4. The van der Waals surface area contributed by atoms with E-state index in [-0.39, 0.29) is 35.3 Å². The molecule has 2 heterocycles. The topological polar surface area (TPSA) is 103 Å². The number of nitrogens with zero attached hydrogens (tertiary/aromatic N) is 4. The van der Waals surface area contributed by atoms with Crippen molar-refractivity contribution in [1.82, 2.24) is 9.97 Å². The first-order valence-corrected chi connectivity index (χ1v) is 11.2. The lowest BCUT2D eigenvalue weighted by molar-refractivity contribution is -0.113. The number of carbonyl (C=O) groups excluding carboxylic acids is 1. The zero-order chi connectivity index (χ0) is 25.7. The van der Waals surface area contributed by atoms with Gasteiger partial charge in [0.15, 0.2) is 5.78 Å². The van der Waals surface area contributed by atoms with Crippen molar-refractivity contribution in [2.45, 2.75) is 6.92 Å². The number of rotatable bonds is 8. The van der Waals surface area contributed by atoms with E-state index in [2.05, 4.69) is 33.2 Å². The van der Waals surface area contributed by atoms with Crippen molar-refractivity contribution in [3.05, 3.63) is 71.9 Å². The average Bonchev–Trinajstić information content (AvgIpc) is 2.89. The third-order valence-corrected chi connectivity index (χ3v) is 5.69. The second-order valence-corrected chi connectivity index (χ2v) is 8.17. The molecule has 2 N–H and O–H groups in total. The van der Waals surface area contributed by atoms with Crippen LogP contribution in [-0.4, -0.2) is 48.6 Å². The summed E-state index contributed by atoms with van der Waals surface area (Å²) in [5.74, 6) is -0.882. The fourth-order valence-electron chi connectivity index (χ4n) is 3.64. The molecule has 0 saturated carbocycles. The minimum Gasteiger partial charge on any atom is -0.378 e. The number of hydrogen-bond acceptors (Lipinski definition) is 8. The van der Waals surface area contributed by atoms with E-state index >= 15 is 0 Å². The van der Waals surface area contributed by atoms with Crippen LogP contribution in [0.3, 0.4) is 0 Å². The van der Waals surface area contributed by atoms with Gasteiger partial charge in [0.05, 0.1) is 42.0 Å². The van der Waals surface area contributed by atoms with Crippen LogP contribution < -0.4 is 15.5 Å². The van der Waals surface area contributed by atoms with Gasteiger partial charge in [0.1, 0.15) is 17.7 Å². The van der Waals surface area contributed by atoms with Crippen LogP contribution in [0.4, 0.5) is 31.8 Å². The first kappa shape index (κ1) is 24.8. The van der Waals surface area contributed by atoms with Gasteiger partial charge in [-0.3, -0.25) is 4.79 Å². The lowest BCUT2D eigenvalue weighted by Crippen LogP contribution is -2.36. The van der Waals surface area contributed by atoms with Crippen LogP contribution in [0, 0.1) is 23.0 Å². The number of ether oxygens (including phenoxy) is 1. The van der Waals surface area contributed by atoms with Gasteiger partial charge in [-0.05, 0) is 43.3 Å². The summed E-state index contributed by atoms with van der Waals surface area (Å²) in [6.07, 6.45) is 1.37. The first-order valence-electron chi connectivity index (χ1n) is 11.2. The van der Waals surface area contributed by atoms with E-state index in [4.69, 9.17) is 4.74 Å². The maximum absolute atomic E-state index is 14.5. The molecule has 36 heavy (non-hydrogen) atoms. The molecule has 0 aliphatic carbocycles. The predicted molar refractivity (Wildman–Crippen MR) is 133 cm³/mol. The zero-order valence-corrected chi connectivity index (χ0v) is 19.6. The van der Waals surface area contributed by atoms with Gasteiger partial charge in [-0.1, -0.05) is 6.58 Å². The van der Waals surface area contributed by atoms with Gasteiger partial charge in [0.2, 0.25) is 5.95 Å².